The van der Waals surface area contributed by atoms with Crippen molar-refractivity contribution in [3.8, 4) is 0 Å². The fourth-order valence-electron chi connectivity index (χ4n) is 3.11. The van der Waals surface area contributed by atoms with E-state index in [4.69, 9.17) is 4.74 Å². The first-order chi connectivity index (χ1) is 12.6. The van der Waals surface area contributed by atoms with Gasteiger partial charge < -0.3 is 20.3 Å². The van der Waals surface area contributed by atoms with Crippen LogP contribution in [0.25, 0.3) is 0 Å². The predicted octanol–water partition coefficient (Wildman–Crippen LogP) is 4.19. The van der Waals surface area contributed by atoms with Gasteiger partial charge in [-0.2, -0.15) is 0 Å². The number of anilines is 1. The number of halogens is 1. The maximum absolute atomic E-state index is 5.65. The summed E-state index contributed by atoms with van der Waals surface area (Å²) in [7, 11) is 1.81. The molecule has 0 aromatic heterocycles. The van der Waals surface area contributed by atoms with Crippen molar-refractivity contribution in [3.63, 3.8) is 0 Å². The molecule has 2 rings (SSSR count). The average Bonchev–Trinajstić information content (AvgIpc) is 3.18. The van der Waals surface area contributed by atoms with Crippen LogP contribution in [0.4, 0.5) is 5.69 Å². The van der Waals surface area contributed by atoms with E-state index < -0.39 is 0 Å². The monoisotopic (exact) mass is 488 g/mol. The number of rotatable bonds is 9. The summed E-state index contributed by atoms with van der Waals surface area (Å²) in [6.07, 6.45) is 3.71. The third-order valence-corrected chi connectivity index (χ3v) is 4.80. The number of guanidine groups is 1. The van der Waals surface area contributed by atoms with Crippen molar-refractivity contribution >= 4 is 35.6 Å². The molecule has 27 heavy (non-hydrogen) atoms. The van der Waals surface area contributed by atoms with Gasteiger partial charge in [0.2, 0.25) is 0 Å². The van der Waals surface area contributed by atoms with Crippen LogP contribution in [0.3, 0.4) is 0 Å². The Hall–Kier alpha value is -1.02. The third kappa shape index (κ3) is 8.68. The van der Waals surface area contributed by atoms with E-state index in [9.17, 15) is 0 Å². The Bertz CT molecular complexity index is 559. The summed E-state index contributed by atoms with van der Waals surface area (Å²) in [6.45, 7) is 11.2. The zero-order valence-corrected chi connectivity index (χ0v) is 19.7. The summed E-state index contributed by atoms with van der Waals surface area (Å²) in [5.74, 6) is 1.51. The van der Waals surface area contributed by atoms with Crippen molar-refractivity contribution < 1.29 is 4.74 Å². The Morgan fingerprint density at radius 2 is 1.93 bits per heavy atom. The molecule has 0 radical (unpaired) electrons. The maximum Gasteiger partial charge on any atom is 0.191 e. The topological polar surface area (TPSA) is 48.9 Å². The van der Waals surface area contributed by atoms with Gasteiger partial charge >= 0.3 is 0 Å². The van der Waals surface area contributed by atoms with Crippen LogP contribution in [0.5, 0.6) is 0 Å². The molecule has 0 saturated carbocycles. The van der Waals surface area contributed by atoms with Gasteiger partial charge in [-0.3, -0.25) is 4.99 Å². The van der Waals surface area contributed by atoms with Crippen molar-refractivity contribution in [2.24, 2.45) is 10.9 Å². The van der Waals surface area contributed by atoms with Crippen LogP contribution in [0, 0.1) is 5.92 Å². The first kappa shape index (κ1) is 24.0. The minimum atomic E-state index is 0. The van der Waals surface area contributed by atoms with Gasteiger partial charge in [0.15, 0.2) is 5.96 Å². The van der Waals surface area contributed by atoms with Gasteiger partial charge in [0.25, 0.3) is 0 Å². The molecule has 5 nitrogen and oxygen atoms in total. The number of hydrogen-bond acceptors (Lipinski definition) is 3. The largest absolute Gasteiger partial charge is 0.380 e. The minimum absolute atomic E-state index is 0. The molecule has 1 unspecified atom stereocenters. The Morgan fingerprint density at radius 3 is 2.59 bits per heavy atom. The lowest BCUT2D eigenvalue weighted by Crippen LogP contribution is -2.40. The van der Waals surface area contributed by atoms with Crippen molar-refractivity contribution in [2.75, 3.05) is 44.8 Å². The molecule has 0 amide bonds. The van der Waals surface area contributed by atoms with Crippen molar-refractivity contribution in [1.29, 1.82) is 0 Å². The summed E-state index contributed by atoms with van der Waals surface area (Å²) in [5, 5.41) is 6.81. The van der Waals surface area contributed by atoms with Gasteiger partial charge in [0.05, 0.1) is 12.6 Å². The van der Waals surface area contributed by atoms with E-state index >= 15 is 0 Å². The number of ether oxygens (including phenoxy) is 1. The highest BCUT2D eigenvalue weighted by Crippen LogP contribution is 2.23. The maximum atomic E-state index is 5.65. The SMILES string of the molecule is CN=C(NCCOCCC(C)C)NC(C)c1cccc(N2CCCC2)c1.I. The van der Waals surface area contributed by atoms with E-state index in [1.165, 1.54) is 37.2 Å². The van der Waals surface area contributed by atoms with E-state index in [1.54, 1.807) is 0 Å². The second kappa shape index (κ2) is 13.2. The average molecular weight is 488 g/mol. The van der Waals surface area contributed by atoms with E-state index in [0.29, 0.717) is 12.5 Å². The fraction of sp³-hybridized carbons (Fsp3) is 0.667. The molecule has 1 aromatic rings. The van der Waals surface area contributed by atoms with Gasteiger partial charge in [0.1, 0.15) is 0 Å². The number of nitrogens with one attached hydrogen (secondary N) is 2. The molecule has 1 aromatic carbocycles. The zero-order chi connectivity index (χ0) is 18.8. The highest BCUT2D eigenvalue weighted by molar-refractivity contribution is 14.0. The predicted molar refractivity (Wildman–Crippen MR) is 126 cm³/mol. The molecule has 6 heteroatoms. The zero-order valence-electron chi connectivity index (χ0n) is 17.3. The lowest BCUT2D eigenvalue weighted by Gasteiger charge is -2.22. The molecule has 1 saturated heterocycles. The van der Waals surface area contributed by atoms with E-state index in [0.717, 1.165) is 25.5 Å². The quantitative estimate of drug-likeness (QED) is 0.237. The highest BCUT2D eigenvalue weighted by Gasteiger charge is 2.14. The summed E-state index contributed by atoms with van der Waals surface area (Å²) in [4.78, 5) is 6.80. The molecule has 2 N–H and O–H groups in total. The van der Waals surface area contributed by atoms with E-state index in [-0.39, 0.29) is 30.0 Å². The Balaban J connectivity index is 0.00000364. The second-order valence-electron chi connectivity index (χ2n) is 7.45. The highest BCUT2D eigenvalue weighted by atomic mass is 127. The first-order valence-electron chi connectivity index (χ1n) is 10.00. The molecule has 1 heterocycles. The molecule has 154 valence electrons. The van der Waals surface area contributed by atoms with Crippen LogP contribution in [-0.4, -0.2) is 45.9 Å². The Kier molecular flexibility index (Phi) is 11.7. The third-order valence-electron chi connectivity index (χ3n) is 4.80. The van der Waals surface area contributed by atoms with Gasteiger partial charge in [-0.25, -0.2) is 0 Å². The minimum Gasteiger partial charge on any atom is -0.380 e. The first-order valence-corrected chi connectivity index (χ1v) is 10.00. The number of benzene rings is 1. The number of nitrogens with zero attached hydrogens (tertiary/aromatic N) is 2. The molecule has 0 spiro atoms. The van der Waals surface area contributed by atoms with Gasteiger partial charge in [-0.1, -0.05) is 26.0 Å². The van der Waals surface area contributed by atoms with Gasteiger partial charge in [0, 0.05) is 39.0 Å². The molecular weight excluding hydrogens is 451 g/mol. The van der Waals surface area contributed by atoms with Crippen LogP contribution >= 0.6 is 24.0 Å². The summed E-state index contributed by atoms with van der Waals surface area (Å²) in [5.41, 5.74) is 2.61. The summed E-state index contributed by atoms with van der Waals surface area (Å²) >= 11 is 0. The van der Waals surface area contributed by atoms with Gasteiger partial charge in [-0.05, 0) is 49.8 Å². The molecular formula is C21H37IN4O. The normalized spacial score (nSPS) is 15.6. The standard InChI is InChI=1S/C21H36N4O.HI/c1-17(2)10-14-26-15-11-23-21(22-4)24-18(3)19-8-7-9-20(16-19)25-12-5-6-13-25;/h7-9,16-18H,5-6,10-15H2,1-4H3,(H2,22,23,24);1H. The number of hydrogen-bond donors (Lipinski definition) is 2. The van der Waals surface area contributed by atoms with Crippen molar-refractivity contribution in [2.45, 2.75) is 46.1 Å². The molecule has 1 atom stereocenters. The molecule has 0 bridgehead atoms. The van der Waals surface area contributed by atoms with Crippen LogP contribution in [0.15, 0.2) is 29.3 Å². The smallest absolute Gasteiger partial charge is 0.191 e. The van der Waals surface area contributed by atoms with E-state index in [2.05, 4.69) is 65.6 Å². The van der Waals surface area contributed by atoms with Crippen molar-refractivity contribution in [3.05, 3.63) is 29.8 Å². The fourth-order valence-corrected chi connectivity index (χ4v) is 3.11. The Labute approximate surface area is 182 Å². The van der Waals surface area contributed by atoms with Crippen LogP contribution < -0.4 is 15.5 Å². The molecule has 1 fully saturated rings. The molecule has 1 aliphatic rings. The lowest BCUT2D eigenvalue weighted by molar-refractivity contribution is 0.128. The van der Waals surface area contributed by atoms with E-state index in [1.807, 2.05) is 7.05 Å². The lowest BCUT2D eigenvalue weighted by atomic mass is 10.1. The van der Waals surface area contributed by atoms with Crippen LogP contribution in [0.1, 0.15) is 51.6 Å². The van der Waals surface area contributed by atoms with Crippen molar-refractivity contribution in [1.82, 2.24) is 10.6 Å². The summed E-state index contributed by atoms with van der Waals surface area (Å²) < 4.78 is 5.65. The molecule has 0 aliphatic carbocycles. The van der Waals surface area contributed by atoms with Crippen LogP contribution in [0.2, 0.25) is 0 Å². The second-order valence-corrected chi connectivity index (χ2v) is 7.45. The molecule has 1 aliphatic heterocycles. The number of aliphatic imine (C=N–C) groups is 1. The Morgan fingerprint density at radius 1 is 1.19 bits per heavy atom. The van der Waals surface area contributed by atoms with Gasteiger partial charge in [-0.15, -0.1) is 24.0 Å². The van der Waals surface area contributed by atoms with Crippen LogP contribution in [-0.2, 0) is 4.74 Å². The summed E-state index contributed by atoms with van der Waals surface area (Å²) in [6, 6.07) is 9.04.